The van der Waals surface area contributed by atoms with Gasteiger partial charge in [0.05, 0.1) is 6.42 Å². The molecule has 0 saturated heterocycles. The van der Waals surface area contributed by atoms with Crippen molar-refractivity contribution in [2.24, 2.45) is 0 Å². The van der Waals surface area contributed by atoms with Gasteiger partial charge in [-0.1, -0.05) is 54.6 Å². The summed E-state index contributed by atoms with van der Waals surface area (Å²) in [6, 6.07) is 19.0. The van der Waals surface area contributed by atoms with E-state index < -0.39 is 23.1 Å². The summed E-state index contributed by atoms with van der Waals surface area (Å²) in [6.07, 6.45) is 4.23. The molecule has 31 heavy (non-hydrogen) atoms. The van der Waals surface area contributed by atoms with Crippen molar-refractivity contribution in [3.05, 3.63) is 104 Å². The lowest BCUT2D eigenvalue weighted by atomic mass is 10.0. The predicted octanol–water partition coefficient (Wildman–Crippen LogP) is 2.06. The molecule has 2 aromatic carbocycles. The van der Waals surface area contributed by atoms with Crippen LogP contribution in [0.1, 0.15) is 40.0 Å². The molecule has 1 heterocycles. The quantitative estimate of drug-likeness (QED) is 0.380. The summed E-state index contributed by atoms with van der Waals surface area (Å²) in [4.78, 5) is 54.8. The van der Waals surface area contributed by atoms with E-state index in [1.165, 1.54) is 11.1 Å². The fourth-order valence-corrected chi connectivity index (χ4v) is 3.09. The van der Waals surface area contributed by atoms with Gasteiger partial charge in [0.2, 0.25) is 0 Å². The highest BCUT2D eigenvalue weighted by molar-refractivity contribution is 5.88. The first-order valence-electron chi connectivity index (χ1n) is 9.95. The lowest BCUT2D eigenvalue weighted by Crippen LogP contribution is -2.31. The highest BCUT2D eigenvalue weighted by atomic mass is 16.7. The van der Waals surface area contributed by atoms with Gasteiger partial charge in [-0.05, 0) is 42.4 Å². The minimum atomic E-state index is -1.04. The van der Waals surface area contributed by atoms with E-state index >= 15 is 0 Å². The second-order valence-electron chi connectivity index (χ2n) is 7.10. The molecule has 8 heteroatoms. The van der Waals surface area contributed by atoms with Gasteiger partial charge in [-0.15, -0.1) is 0 Å². The molecular weight excluding hydrogens is 398 g/mol. The van der Waals surface area contributed by atoms with E-state index in [9.17, 15) is 19.2 Å². The molecule has 0 aliphatic heterocycles. The number of hydroxylamine groups is 1. The van der Waals surface area contributed by atoms with Crippen LogP contribution >= 0.6 is 0 Å². The molecule has 0 spiro atoms. The number of unbranched alkanes of at least 4 members (excludes halogenated alkanes) is 1. The number of hydrogen-bond donors (Lipinski definition) is 3. The summed E-state index contributed by atoms with van der Waals surface area (Å²) >= 11 is 0. The molecule has 8 nitrogen and oxygen atoms in total. The second-order valence-corrected chi connectivity index (χ2v) is 7.10. The van der Waals surface area contributed by atoms with E-state index in [4.69, 9.17) is 0 Å². The van der Waals surface area contributed by atoms with Crippen LogP contribution < -0.4 is 16.7 Å². The fourth-order valence-electron chi connectivity index (χ4n) is 3.09. The molecule has 3 N–H and O–H groups in total. The van der Waals surface area contributed by atoms with Crippen LogP contribution in [-0.2, 0) is 28.9 Å². The SMILES string of the molecule is O=C(Cc1ccc(CCCCc2ccccc2)cc1)NOC(=O)c1cc(=O)[nH]c(=O)[nH]1. The van der Waals surface area contributed by atoms with Crippen molar-refractivity contribution in [1.82, 2.24) is 15.4 Å². The highest BCUT2D eigenvalue weighted by Gasteiger charge is 2.12. The van der Waals surface area contributed by atoms with Crippen molar-refractivity contribution in [3.63, 3.8) is 0 Å². The van der Waals surface area contributed by atoms with Crippen molar-refractivity contribution in [2.75, 3.05) is 0 Å². The van der Waals surface area contributed by atoms with Crippen molar-refractivity contribution < 1.29 is 14.4 Å². The van der Waals surface area contributed by atoms with Crippen LogP contribution in [0, 0.1) is 0 Å². The Balaban J connectivity index is 1.40. The molecule has 0 atom stereocenters. The zero-order chi connectivity index (χ0) is 22.1. The summed E-state index contributed by atoms with van der Waals surface area (Å²) in [6.45, 7) is 0. The molecule has 0 fully saturated rings. The molecule has 3 rings (SSSR count). The minimum Gasteiger partial charge on any atom is -0.334 e. The van der Waals surface area contributed by atoms with Crippen molar-refractivity contribution in [1.29, 1.82) is 0 Å². The van der Waals surface area contributed by atoms with Crippen LogP contribution in [0.5, 0.6) is 0 Å². The number of amides is 1. The largest absolute Gasteiger partial charge is 0.379 e. The van der Waals surface area contributed by atoms with Crippen LogP contribution in [0.25, 0.3) is 0 Å². The lowest BCUT2D eigenvalue weighted by Gasteiger charge is -2.07. The van der Waals surface area contributed by atoms with Gasteiger partial charge in [-0.3, -0.25) is 14.6 Å². The zero-order valence-electron chi connectivity index (χ0n) is 16.9. The summed E-state index contributed by atoms with van der Waals surface area (Å²) in [7, 11) is 0. The van der Waals surface area contributed by atoms with Crippen molar-refractivity contribution in [3.8, 4) is 0 Å². The number of aromatic nitrogens is 2. The average Bonchev–Trinajstić information content (AvgIpc) is 2.76. The molecule has 1 amide bonds. The Morgan fingerprint density at radius 3 is 2.06 bits per heavy atom. The zero-order valence-corrected chi connectivity index (χ0v) is 16.9. The third-order valence-corrected chi connectivity index (χ3v) is 4.65. The van der Waals surface area contributed by atoms with Gasteiger partial charge in [0.1, 0.15) is 5.69 Å². The first kappa shape index (κ1) is 21.8. The lowest BCUT2D eigenvalue weighted by molar-refractivity contribution is -0.129. The third kappa shape index (κ3) is 7.11. The molecule has 0 saturated carbocycles. The highest BCUT2D eigenvalue weighted by Crippen LogP contribution is 2.11. The van der Waals surface area contributed by atoms with Crippen LogP contribution in [0.2, 0.25) is 0 Å². The van der Waals surface area contributed by atoms with E-state index in [0.717, 1.165) is 37.3 Å². The molecule has 0 aliphatic carbocycles. The van der Waals surface area contributed by atoms with Crippen LogP contribution in [0.3, 0.4) is 0 Å². The molecule has 0 bridgehead atoms. The van der Waals surface area contributed by atoms with Gasteiger partial charge in [-0.2, -0.15) is 5.48 Å². The number of carbonyl (C=O) groups excluding carboxylic acids is 2. The Hall–Kier alpha value is -3.94. The maximum atomic E-state index is 12.0. The molecule has 160 valence electrons. The molecule has 0 radical (unpaired) electrons. The standard InChI is InChI=1S/C23H23N3O5/c27-20-15-19(24-23(30)25-20)22(29)31-26-21(28)14-18-12-10-17(11-13-18)9-5-4-8-16-6-2-1-3-7-16/h1-3,6-7,10-13,15H,4-5,8-9,14H2,(H,26,28)(H2,24,25,27,30). The van der Waals surface area contributed by atoms with Gasteiger partial charge in [-0.25, -0.2) is 9.59 Å². The first-order valence-corrected chi connectivity index (χ1v) is 9.95. The topological polar surface area (TPSA) is 121 Å². The average molecular weight is 421 g/mol. The number of carbonyl (C=O) groups is 2. The number of rotatable bonds is 8. The van der Waals surface area contributed by atoms with Gasteiger partial charge in [0.25, 0.3) is 11.5 Å². The van der Waals surface area contributed by atoms with E-state index in [-0.39, 0.29) is 12.1 Å². The van der Waals surface area contributed by atoms with Gasteiger partial charge in [0.15, 0.2) is 0 Å². The van der Waals surface area contributed by atoms with Gasteiger partial charge >= 0.3 is 11.7 Å². The third-order valence-electron chi connectivity index (χ3n) is 4.65. The number of benzene rings is 2. The van der Waals surface area contributed by atoms with Crippen LogP contribution in [0.4, 0.5) is 0 Å². The fraction of sp³-hybridized carbons (Fsp3) is 0.217. The molecule has 0 unspecified atom stereocenters. The number of aryl methyl sites for hydroxylation is 2. The normalized spacial score (nSPS) is 10.5. The van der Waals surface area contributed by atoms with E-state index in [0.29, 0.717) is 0 Å². The van der Waals surface area contributed by atoms with Crippen LogP contribution in [-0.4, -0.2) is 21.8 Å². The molecular formula is C23H23N3O5. The Labute approximate surface area is 178 Å². The smallest absolute Gasteiger partial charge is 0.334 e. The molecule has 0 aliphatic rings. The second kappa shape index (κ2) is 10.7. The minimum absolute atomic E-state index is 0.0213. The monoisotopic (exact) mass is 421 g/mol. The summed E-state index contributed by atoms with van der Waals surface area (Å²) in [5.74, 6) is -1.57. The van der Waals surface area contributed by atoms with Crippen molar-refractivity contribution in [2.45, 2.75) is 32.1 Å². The summed E-state index contributed by atoms with van der Waals surface area (Å²) in [5, 5.41) is 0. The van der Waals surface area contributed by atoms with E-state index in [2.05, 4.69) is 34.1 Å². The number of nitrogens with one attached hydrogen (secondary N) is 3. The Morgan fingerprint density at radius 1 is 0.806 bits per heavy atom. The van der Waals surface area contributed by atoms with E-state index in [1.54, 1.807) is 0 Å². The maximum Gasteiger partial charge on any atom is 0.379 e. The summed E-state index contributed by atoms with van der Waals surface area (Å²) in [5.41, 5.74) is 3.38. The summed E-state index contributed by atoms with van der Waals surface area (Å²) < 4.78 is 0. The Kier molecular flexibility index (Phi) is 7.53. The number of H-pyrrole nitrogens is 2. The molecule has 3 aromatic rings. The predicted molar refractivity (Wildman–Crippen MR) is 114 cm³/mol. The maximum absolute atomic E-state index is 12.0. The Bertz CT molecular complexity index is 1110. The van der Waals surface area contributed by atoms with E-state index in [1.807, 2.05) is 40.8 Å². The van der Waals surface area contributed by atoms with Crippen molar-refractivity contribution >= 4 is 11.9 Å². The molecule has 1 aromatic heterocycles. The number of hydrogen-bond acceptors (Lipinski definition) is 5. The first-order chi connectivity index (χ1) is 15.0. The van der Waals surface area contributed by atoms with Gasteiger partial charge < -0.3 is 9.82 Å². The van der Waals surface area contributed by atoms with Gasteiger partial charge in [0, 0.05) is 6.07 Å². The van der Waals surface area contributed by atoms with Crippen LogP contribution in [0.15, 0.2) is 70.3 Å². The number of aromatic amines is 2. The Morgan fingerprint density at radius 2 is 1.42 bits per heavy atom.